The molecule has 2 aromatic rings. The maximum absolute atomic E-state index is 11.1. The van der Waals surface area contributed by atoms with Gasteiger partial charge in [-0.3, -0.25) is 10.1 Å². The van der Waals surface area contributed by atoms with Crippen molar-refractivity contribution in [1.82, 2.24) is 0 Å². The number of nitrogens with zero attached hydrogens (tertiary/aromatic N) is 1. The van der Waals surface area contributed by atoms with Crippen molar-refractivity contribution >= 4 is 34.6 Å². The first-order valence-corrected chi connectivity index (χ1v) is 8.47. The van der Waals surface area contributed by atoms with Gasteiger partial charge in [-0.05, 0) is 35.6 Å². The van der Waals surface area contributed by atoms with E-state index in [1.54, 1.807) is 18.2 Å². The van der Waals surface area contributed by atoms with Crippen molar-refractivity contribution in [2.24, 2.45) is 5.92 Å². The first kappa shape index (κ1) is 15.5. The van der Waals surface area contributed by atoms with E-state index in [1.807, 2.05) is 12.1 Å². The number of nitro benzene ring substituents is 1. The zero-order valence-electron chi connectivity index (χ0n) is 12.6. The van der Waals surface area contributed by atoms with Crippen molar-refractivity contribution in [3.8, 4) is 0 Å². The Morgan fingerprint density at radius 2 is 2.00 bits per heavy atom. The predicted octanol–water partition coefficient (Wildman–Crippen LogP) is 5.73. The van der Waals surface area contributed by atoms with E-state index in [4.69, 9.17) is 23.2 Å². The Balaban J connectivity index is 1.81. The molecule has 0 amide bonds. The molecule has 0 spiro atoms. The molecule has 1 aliphatic carbocycles. The van der Waals surface area contributed by atoms with Crippen LogP contribution in [0.15, 0.2) is 48.6 Å². The van der Waals surface area contributed by atoms with Crippen LogP contribution in [0, 0.1) is 16.0 Å². The minimum absolute atomic E-state index is 0.0187. The molecule has 1 heterocycles. The van der Waals surface area contributed by atoms with Crippen molar-refractivity contribution in [2.45, 2.75) is 18.4 Å². The summed E-state index contributed by atoms with van der Waals surface area (Å²) >= 11 is 12.6. The molecule has 1 aliphatic heterocycles. The maximum Gasteiger partial charge on any atom is 0.269 e. The highest BCUT2D eigenvalue weighted by Gasteiger charge is 2.39. The summed E-state index contributed by atoms with van der Waals surface area (Å²) in [7, 11) is 0. The van der Waals surface area contributed by atoms with Crippen LogP contribution in [0.4, 0.5) is 11.4 Å². The molecule has 3 atom stereocenters. The molecule has 0 bridgehead atoms. The van der Waals surface area contributed by atoms with Gasteiger partial charge in [0.2, 0.25) is 0 Å². The molecular formula is C18H14Cl2N2O2. The summed E-state index contributed by atoms with van der Waals surface area (Å²) < 4.78 is 0. The Kier molecular flexibility index (Phi) is 3.74. The second kappa shape index (κ2) is 5.80. The minimum atomic E-state index is -0.353. The molecule has 2 aromatic carbocycles. The van der Waals surface area contributed by atoms with Gasteiger partial charge in [0.1, 0.15) is 0 Å². The number of nitrogens with one attached hydrogen (secondary N) is 1. The van der Waals surface area contributed by atoms with Crippen LogP contribution in [-0.2, 0) is 0 Å². The Morgan fingerprint density at radius 3 is 2.79 bits per heavy atom. The molecule has 0 aromatic heterocycles. The van der Waals surface area contributed by atoms with Crippen LogP contribution < -0.4 is 5.32 Å². The van der Waals surface area contributed by atoms with Crippen LogP contribution in [0.3, 0.4) is 0 Å². The van der Waals surface area contributed by atoms with Crippen LogP contribution in [0.5, 0.6) is 0 Å². The van der Waals surface area contributed by atoms with E-state index in [1.165, 1.54) is 6.07 Å². The summed E-state index contributed by atoms with van der Waals surface area (Å²) in [6.07, 6.45) is 5.17. The van der Waals surface area contributed by atoms with Gasteiger partial charge in [-0.15, -0.1) is 0 Å². The highest BCUT2D eigenvalue weighted by molar-refractivity contribution is 6.42. The molecule has 0 saturated heterocycles. The largest absolute Gasteiger partial charge is 0.378 e. The van der Waals surface area contributed by atoms with E-state index in [9.17, 15) is 10.1 Å². The second-order valence-corrected chi connectivity index (χ2v) is 6.93. The molecular weight excluding hydrogens is 347 g/mol. The lowest BCUT2D eigenvalue weighted by molar-refractivity contribution is -0.384. The zero-order chi connectivity index (χ0) is 16.8. The fraction of sp³-hybridized carbons (Fsp3) is 0.222. The fourth-order valence-electron chi connectivity index (χ4n) is 3.76. The highest BCUT2D eigenvalue weighted by atomic mass is 35.5. The maximum atomic E-state index is 11.1. The first-order valence-electron chi connectivity index (χ1n) is 7.71. The van der Waals surface area contributed by atoms with Gasteiger partial charge in [-0.25, -0.2) is 0 Å². The van der Waals surface area contributed by atoms with Crippen LogP contribution in [0.1, 0.15) is 29.5 Å². The van der Waals surface area contributed by atoms with Crippen LogP contribution in [0.2, 0.25) is 10.0 Å². The summed E-state index contributed by atoms with van der Waals surface area (Å²) in [5.74, 6) is 0.400. The van der Waals surface area contributed by atoms with Gasteiger partial charge in [0.25, 0.3) is 5.69 Å². The summed E-state index contributed by atoms with van der Waals surface area (Å²) in [5.41, 5.74) is 2.97. The monoisotopic (exact) mass is 360 g/mol. The van der Waals surface area contributed by atoms with Gasteiger partial charge in [0, 0.05) is 23.7 Å². The number of fused-ring (bicyclic) bond motifs is 3. The first-order chi connectivity index (χ1) is 11.6. The minimum Gasteiger partial charge on any atom is -0.378 e. The van der Waals surface area contributed by atoms with E-state index in [-0.39, 0.29) is 28.5 Å². The molecule has 2 aliphatic rings. The number of allylic oxidation sites excluding steroid dienone is 2. The number of nitro groups is 1. The molecule has 0 fully saturated rings. The Bertz CT molecular complexity index is 866. The number of rotatable bonds is 2. The van der Waals surface area contributed by atoms with E-state index in [2.05, 4.69) is 17.5 Å². The fourth-order valence-corrected chi connectivity index (χ4v) is 4.19. The van der Waals surface area contributed by atoms with E-state index < -0.39 is 0 Å². The molecule has 122 valence electrons. The molecule has 0 saturated carbocycles. The van der Waals surface area contributed by atoms with Crippen LogP contribution in [0.25, 0.3) is 0 Å². The summed E-state index contributed by atoms with van der Waals surface area (Å²) in [6, 6.07) is 10.7. The summed E-state index contributed by atoms with van der Waals surface area (Å²) in [6.45, 7) is 0. The third kappa shape index (κ3) is 2.38. The molecule has 0 radical (unpaired) electrons. The average molecular weight is 361 g/mol. The summed E-state index contributed by atoms with van der Waals surface area (Å²) in [5, 5.41) is 15.7. The number of benzene rings is 2. The standard InChI is InChI=1S/C18H14Cl2N2O2/c19-15-6-2-5-13(17(15)20)18-12-4-1-3-11(12)14-9-10(22(23)24)7-8-16(14)21-18/h1-3,5-9,11-12,18,21H,4H2/t11-,12+,18-/m1/s1. The number of halogens is 2. The zero-order valence-corrected chi connectivity index (χ0v) is 14.1. The Hall–Kier alpha value is -2.04. The molecule has 4 nitrogen and oxygen atoms in total. The predicted molar refractivity (Wildman–Crippen MR) is 95.9 cm³/mol. The van der Waals surface area contributed by atoms with Crippen molar-refractivity contribution in [3.05, 3.63) is 79.8 Å². The molecule has 0 unspecified atom stereocenters. The number of anilines is 1. The third-order valence-electron chi connectivity index (χ3n) is 4.87. The quantitative estimate of drug-likeness (QED) is 0.422. The van der Waals surface area contributed by atoms with Gasteiger partial charge in [-0.2, -0.15) is 0 Å². The SMILES string of the molecule is O=[N+]([O-])c1ccc2c(c1)[C@@H]1C=CC[C@@H]1[C@H](c1cccc(Cl)c1Cl)N2. The lowest BCUT2D eigenvalue weighted by Crippen LogP contribution is -2.29. The highest BCUT2D eigenvalue weighted by Crippen LogP contribution is 2.51. The normalized spacial score (nSPS) is 24.2. The molecule has 4 rings (SSSR count). The van der Waals surface area contributed by atoms with Gasteiger partial charge in [0.15, 0.2) is 0 Å². The molecule has 6 heteroatoms. The number of hydrogen-bond acceptors (Lipinski definition) is 3. The van der Waals surface area contributed by atoms with E-state index in [0.717, 1.165) is 23.2 Å². The Labute approximate surface area is 149 Å². The van der Waals surface area contributed by atoms with E-state index in [0.29, 0.717) is 10.0 Å². The Morgan fingerprint density at radius 1 is 1.17 bits per heavy atom. The lowest BCUT2D eigenvalue weighted by atomic mass is 9.77. The smallest absolute Gasteiger partial charge is 0.269 e. The average Bonchev–Trinajstić information content (AvgIpc) is 3.06. The summed E-state index contributed by atoms with van der Waals surface area (Å²) in [4.78, 5) is 10.7. The van der Waals surface area contributed by atoms with Gasteiger partial charge in [0.05, 0.1) is 21.0 Å². The van der Waals surface area contributed by atoms with Crippen molar-refractivity contribution in [2.75, 3.05) is 5.32 Å². The van der Waals surface area contributed by atoms with Crippen molar-refractivity contribution < 1.29 is 4.92 Å². The molecule has 1 N–H and O–H groups in total. The topological polar surface area (TPSA) is 55.2 Å². The van der Waals surface area contributed by atoms with Crippen LogP contribution in [-0.4, -0.2) is 4.92 Å². The van der Waals surface area contributed by atoms with Gasteiger partial charge < -0.3 is 5.32 Å². The molecule has 24 heavy (non-hydrogen) atoms. The lowest BCUT2D eigenvalue weighted by Gasteiger charge is -2.37. The van der Waals surface area contributed by atoms with Crippen molar-refractivity contribution in [1.29, 1.82) is 0 Å². The third-order valence-corrected chi connectivity index (χ3v) is 5.71. The van der Waals surface area contributed by atoms with Gasteiger partial charge >= 0.3 is 0 Å². The van der Waals surface area contributed by atoms with Crippen LogP contribution >= 0.6 is 23.2 Å². The van der Waals surface area contributed by atoms with Crippen molar-refractivity contribution in [3.63, 3.8) is 0 Å². The second-order valence-electron chi connectivity index (χ2n) is 6.15. The number of non-ortho nitro benzene ring substituents is 1. The van der Waals surface area contributed by atoms with E-state index >= 15 is 0 Å². The number of hydrogen-bond donors (Lipinski definition) is 1. The van der Waals surface area contributed by atoms with Gasteiger partial charge in [-0.1, -0.05) is 47.5 Å².